The zero-order valence-electron chi connectivity index (χ0n) is 18.4. The Labute approximate surface area is 173 Å². The first-order chi connectivity index (χ1) is 13.6. The summed E-state index contributed by atoms with van der Waals surface area (Å²) >= 11 is 0. The van der Waals surface area contributed by atoms with Crippen LogP contribution in [0, 0.1) is 5.41 Å². The van der Waals surface area contributed by atoms with E-state index in [1.165, 1.54) is 0 Å². The molecule has 0 saturated heterocycles. The molecule has 0 N–H and O–H groups in total. The number of methoxy groups -OCH3 is 2. The number of carbonyl (C=O) groups excluding carboxylic acids is 2. The minimum Gasteiger partial charge on any atom is -0.493 e. The average Bonchev–Trinajstić information content (AvgIpc) is 2.98. The van der Waals surface area contributed by atoms with Crippen molar-refractivity contribution in [2.24, 2.45) is 5.41 Å². The molecule has 2 aliphatic carbocycles. The highest BCUT2D eigenvalue weighted by atomic mass is 16.5. The largest absolute Gasteiger partial charge is 0.493 e. The minimum atomic E-state index is -0.236. The number of ketones is 2. The molecule has 1 saturated carbocycles. The quantitative estimate of drug-likeness (QED) is 0.634. The number of fused-ring (bicyclic) bond motifs is 1. The molecule has 1 aromatic carbocycles. The van der Waals surface area contributed by atoms with Crippen LogP contribution in [0.4, 0.5) is 0 Å². The van der Waals surface area contributed by atoms with E-state index in [4.69, 9.17) is 14.2 Å². The van der Waals surface area contributed by atoms with Gasteiger partial charge >= 0.3 is 0 Å². The second-order valence-corrected chi connectivity index (χ2v) is 9.23. The average molecular weight is 401 g/mol. The van der Waals surface area contributed by atoms with E-state index in [0.717, 1.165) is 24.8 Å². The molecule has 5 heteroatoms. The third kappa shape index (κ3) is 4.25. The Kier molecular flexibility index (Phi) is 5.91. The lowest BCUT2D eigenvalue weighted by atomic mass is 9.70. The van der Waals surface area contributed by atoms with Crippen molar-refractivity contribution in [1.82, 2.24) is 0 Å². The molecular formula is C24H32O5. The Morgan fingerprint density at radius 2 is 1.83 bits per heavy atom. The van der Waals surface area contributed by atoms with Gasteiger partial charge in [-0.25, -0.2) is 0 Å². The van der Waals surface area contributed by atoms with E-state index >= 15 is 0 Å². The molecule has 29 heavy (non-hydrogen) atoms. The van der Waals surface area contributed by atoms with Crippen LogP contribution in [0.25, 0.3) is 0 Å². The second kappa shape index (κ2) is 7.94. The molecule has 5 nitrogen and oxygen atoms in total. The number of carbonyl (C=O) groups is 2. The van der Waals surface area contributed by atoms with Crippen LogP contribution in [0.3, 0.4) is 0 Å². The number of hydrogen-bond acceptors (Lipinski definition) is 5. The molecule has 0 aliphatic heterocycles. The van der Waals surface area contributed by atoms with Crippen molar-refractivity contribution in [3.05, 3.63) is 34.9 Å². The molecule has 0 heterocycles. The number of Topliss-reactive ketones (excluding diaryl/α,β-unsaturated/α-hetero) is 2. The van der Waals surface area contributed by atoms with Crippen LogP contribution in [-0.4, -0.2) is 37.5 Å². The summed E-state index contributed by atoms with van der Waals surface area (Å²) in [7, 11) is 3.10. The molecule has 3 rings (SSSR count). The predicted octanol–water partition coefficient (Wildman–Crippen LogP) is 4.92. The molecule has 2 aliphatic rings. The fraction of sp³-hybridized carbons (Fsp3) is 0.583. The summed E-state index contributed by atoms with van der Waals surface area (Å²) < 4.78 is 16.9. The highest BCUT2D eigenvalue weighted by Gasteiger charge is 2.49. The van der Waals surface area contributed by atoms with Crippen LogP contribution in [-0.2, 0) is 9.53 Å². The molecule has 0 amide bonds. The summed E-state index contributed by atoms with van der Waals surface area (Å²) in [6.07, 6.45) is 3.18. The molecule has 2 atom stereocenters. The van der Waals surface area contributed by atoms with Gasteiger partial charge in [0.15, 0.2) is 23.1 Å². The first-order valence-electron chi connectivity index (χ1n) is 10.3. The van der Waals surface area contributed by atoms with Crippen LogP contribution in [0.5, 0.6) is 11.5 Å². The van der Waals surface area contributed by atoms with Crippen molar-refractivity contribution in [1.29, 1.82) is 0 Å². The maximum absolute atomic E-state index is 13.0. The fourth-order valence-electron chi connectivity index (χ4n) is 4.67. The molecular weight excluding hydrogens is 368 g/mol. The van der Waals surface area contributed by atoms with Gasteiger partial charge in [0, 0.05) is 29.4 Å². The van der Waals surface area contributed by atoms with Gasteiger partial charge in [0.25, 0.3) is 0 Å². The molecule has 0 unspecified atom stereocenters. The van der Waals surface area contributed by atoms with Crippen molar-refractivity contribution < 1.29 is 23.8 Å². The predicted molar refractivity (Wildman–Crippen MR) is 112 cm³/mol. The van der Waals surface area contributed by atoms with Gasteiger partial charge in [-0.3, -0.25) is 9.59 Å². The first-order valence-corrected chi connectivity index (χ1v) is 10.3. The SMILES string of the molecule is COc1ccc(C(=O)CC2=C3CC[C@H](OC(C)(C)C)[C@@]3(C)CCC2=O)cc1OC. The number of rotatable bonds is 6. The maximum atomic E-state index is 13.0. The third-order valence-electron chi connectivity index (χ3n) is 6.17. The Bertz CT molecular complexity index is 845. The van der Waals surface area contributed by atoms with Gasteiger partial charge in [0.1, 0.15) is 0 Å². The van der Waals surface area contributed by atoms with E-state index in [1.807, 2.05) is 0 Å². The van der Waals surface area contributed by atoms with E-state index in [2.05, 4.69) is 27.7 Å². The first kappa shape index (κ1) is 21.6. The lowest BCUT2D eigenvalue weighted by molar-refractivity contribution is -0.120. The molecule has 158 valence electrons. The van der Waals surface area contributed by atoms with E-state index in [-0.39, 0.29) is 35.1 Å². The molecule has 0 bridgehead atoms. The minimum absolute atomic E-state index is 0.0776. The molecule has 0 spiro atoms. The van der Waals surface area contributed by atoms with Gasteiger partial charge in [-0.2, -0.15) is 0 Å². The lowest BCUT2D eigenvalue weighted by Crippen LogP contribution is -2.39. The zero-order chi connectivity index (χ0) is 21.4. The van der Waals surface area contributed by atoms with Crippen LogP contribution >= 0.6 is 0 Å². The van der Waals surface area contributed by atoms with E-state index < -0.39 is 0 Å². The molecule has 1 aromatic rings. The zero-order valence-corrected chi connectivity index (χ0v) is 18.4. The van der Waals surface area contributed by atoms with Gasteiger partial charge in [0.2, 0.25) is 0 Å². The van der Waals surface area contributed by atoms with Gasteiger partial charge in [-0.05, 0) is 58.2 Å². The Hall–Kier alpha value is -2.14. The van der Waals surface area contributed by atoms with Crippen LogP contribution < -0.4 is 9.47 Å². The van der Waals surface area contributed by atoms with Crippen LogP contribution in [0.15, 0.2) is 29.3 Å². The second-order valence-electron chi connectivity index (χ2n) is 9.23. The van der Waals surface area contributed by atoms with Gasteiger partial charge in [0.05, 0.1) is 25.9 Å². The third-order valence-corrected chi connectivity index (χ3v) is 6.17. The summed E-state index contributed by atoms with van der Waals surface area (Å²) in [6, 6.07) is 5.13. The van der Waals surface area contributed by atoms with Crippen molar-refractivity contribution >= 4 is 11.6 Å². The van der Waals surface area contributed by atoms with Crippen LogP contribution in [0.1, 0.15) is 70.2 Å². The summed E-state index contributed by atoms with van der Waals surface area (Å²) in [5, 5.41) is 0. The van der Waals surface area contributed by atoms with Crippen molar-refractivity contribution in [3.63, 3.8) is 0 Å². The molecule has 0 aromatic heterocycles. The normalized spacial score (nSPS) is 24.5. The highest BCUT2D eigenvalue weighted by molar-refractivity contribution is 6.07. The summed E-state index contributed by atoms with van der Waals surface area (Å²) in [5.41, 5.74) is 1.93. The van der Waals surface area contributed by atoms with Gasteiger partial charge in [-0.15, -0.1) is 0 Å². The van der Waals surface area contributed by atoms with Crippen molar-refractivity contribution in [2.75, 3.05) is 14.2 Å². The fourth-order valence-corrected chi connectivity index (χ4v) is 4.67. The monoisotopic (exact) mass is 400 g/mol. The summed E-state index contributed by atoms with van der Waals surface area (Å²) in [6.45, 7) is 8.38. The smallest absolute Gasteiger partial charge is 0.167 e. The summed E-state index contributed by atoms with van der Waals surface area (Å²) in [4.78, 5) is 25.8. The topological polar surface area (TPSA) is 61.8 Å². The van der Waals surface area contributed by atoms with Gasteiger partial charge in [-0.1, -0.05) is 12.5 Å². The maximum Gasteiger partial charge on any atom is 0.167 e. The van der Waals surface area contributed by atoms with E-state index in [1.54, 1.807) is 32.4 Å². The highest BCUT2D eigenvalue weighted by Crippen LogP contribution is 2.53. The van der Waals surface area contributed by atoms with Crippen LogP contribution in [0.2, 0.25) is 0 Å². The Morgan fingerprint density at radius 3 is 2.45 bits per heavy atom. The molecule has 1 fully saturated rings. The van der Waals surface area contributed by atoms with Gasteiger partial charge < -0.3 is 14.2 Å². The number of allylic oxidation sites excluding steroid dienone is 1. The number of ether oxygens (including phenoxy) is 3. The van der Waals surface area contributed by atoms with Crippen molar-refractivity contribution in [2.45, 2.75) is 71.5 Å². The molecule has 0 radical (unpaired) electrons. The van der Waals surface area contributed by atoms with Crippen molar-refractivity contribution in [3.8, 4) is 11.5 Å². The standard InChI is InChI=1S/C24H32O5/c1-23(2,3)29-22-10-8-17-16(18(25)11-12-24(17,22)4)14-19(26)15-7-9-20(27-5)21(13-15)28-6/h7,9,13,22H,8,10-12,14H2,1-6H3/t22-,24-/m0/s1. The lowest BCUT2D eigenvalue weighted by Gasteiger charge is -2.40. The Balaban J connectivity index is 1.89. The number of hydrogen-bond donors (Lipinski definition) is 0. The van der Waals surface area contributed by atoms with E-state index in [0.29, 0.717) is 29.1 Å². The van der Waals surface area contributed by atoms with E-state index in [9.17, 15) is 9.59 Å². The number of benzene rings is 1. The summed E-state index contributed by atoms with van der Waals surface area (Å²) in [5.74, 6) is 1.11. The Morgan fingerprint density at radius 1 is 1.14 bits per heavy atom.